The number of aliphatic hydroxyl groups is 1. The van der Waals surface area contributed by atoms with Crippen LogP contribution in [0, 0.1) is 12.3 Å². The zero-order valence-corrected chi connectivity index (χ0v) is 17.3. The van der Waals surface area contributed by atoms with Crippen LogP contribution in [0.5, 0.6) is 0 Å². The number of hydrogen-bond acceptors (Lipinski definition) is 5. The predicted molar refractivity (Wildman–Crippen MR) is 109 cm³/mol. The van der Waals surface area contributed by atoms with Crippen molar-refractivity contribution in [3.8, 4) is 0 Å². The number of piperidine rings is 1. The van der Waals surface area contributed by atoms with Gasteiger partial charge in [0, 0.05) is 30.5 Å². The molecule has 28 heavy (non-hydrogen) atoms. The van der Waals surface area contributed by atoms with Crippen LogP contribution in [0.2, 0.25) is 0 Å². The third kappa shape index (κ3) is 4.90. The number of β-amino-alcohol motifs (C(OH)–C–C–N with tert-alkyl or cyclic N) is 1. The SMILES string of the molecule is Cc1c(NCC(C)(C)C)cccc1C(=O)N1CCCC(O)(Cn2ccnn2)C1. The van der Waals surface area contributed by atoms with E-state index in [1.165, 1.54) is 0 Å². The van der Waals surface area contributed by atoms with E-state index in [2.05, 4.69) is 36.4 Å². The molecule has 7 nitrogen and oxygen atoms in total. The van der Waals surface area contributed by atoms with Crippen LogP contribution in [0.4, 0.5) is 5.69 Å². The third-order valence-electron chi connectivity index (χ3n) is 5.14. The number of likely N-dealkylation sites (tertiary alicyclic amines) is 1. The fraction of sp³-hybridized carbons (Fsp3) is 0.571. The molecule has 3 rings (SSSR count). The quantitative estimate of drug-likeness (QED) is 0.827. The van der Waals surface area contributed by atoms with Gasteiger partial charge in [0.15, 0.2) is 0 Å². The summed E-state index contributed by atoms with van der Waals surface area (Å²) in [5, 5.41) is 22.2. The smallest absolute Gasteiger partial charge is 0.254 e. The molecular weight excluding hydrogens is 354 g/mol. The van der Waals surface area contributed by atoms with E-state index < -0.39 is 5.60 Å². The zero-order chi connectivity index (χ0) is 20.4. The minimum absolute atomic E-state index is 0.0337. The maximum Gasteiger partial charge on any atom is 0.254 e. The van der Waals surface area contributed by atoms with Crippen LogP contribution in [0.1, 0.15) is 49.5 Å². The van der Waals surface area contributed by atoms with Gasteiger partial charge in [-0.3, -0.25) is 4.79 Å². The number of benzene rings is 1. The number of rotatable bonds is 5. The third-order valence-corrected chi connectivity index (χ3v) is 5.14. The van der Waals surface area contributed by atoms with Crippen molar-refractivity contribution in [2.75, 3.05) is 25.0 Å². The normalized spacial score (nSPS) is 20.2. The second-order valence-corrected chi connectivity index (χ2v) is 9.05. The molecule has 2 heterocycles. The van der Waals surface area contributed by atoms with E-state index in [1.54, 1.807) is 22.0 Å². The van der Waals surface area contributed by atoms with Crippen molar-refractivity contribution < 1.29 is 9.90 Å². The molecule has 0 saturated carbocycles. The Morgan fingerprint density at radius 3 is 2.82 bits per heavy atom. The average Bonchev–Trinajstić information content (AvgIpc) is 3.12. The summed E-state index contributed by atoms with van der Waals surface area (Å²) in [6, 6.07) is 5.79. The molecule has 1 aliphatic rings. The Labute approximate surface area is 166 Å². The summed E-state index contributed by atoms with van der Waals surface area (Å²) in [6.07, 6.45) is 4.72. The molecule has 2 aromatic rings. The van der Waals surface area contributed by atoms with Gasteiger partial charge < -0.3 is 15.3 Å². The van der Waals surface area contributed by atoms with Gasteiger partial charge in [-0.1, -0.05) is 32.1 Å². The summed E-state index contributed by atoms with van der Waals surface area (Å²) in [5.41, 5.74) is 1.77. The van der Waals surface area contributed by atoms with E-state index >= 15 is 0 Å². The Morgan fingerprint density at radius 1 is 1.36 bits per heavy atom. The lowest BCUT2D eigenvalue weighted by Crippen LogP contribution is -2.52. The summed E-state index contributed by atoms with van der Waals surface area (Å²) >= 11 is 0. The predicted octanol–water partition coefficient (Wildman–Crippen LogP) is 2.71. The van der Waals surface area contributed by atoms with Crippen LogP contribution < -0.4 is 5.32 Å². The molecule has 0 bridgehead atoms. The minimum atomic E-state index is -0.988. The Morgan fingerprint density at radius 2 is 2.14 bits per heavy atom. The van der Waals surface area contributed by atoms with E-state index in [0.717, 1.165) is 24.2 Å². The molecule has 1 aromatic heterocycles. The van der Waals surface area contributed by atoms with Crippen LogP contribution in [-0.2, 0) is 6.54 Å². The number of aromatic nitrogens is 3. The highest BCUT2D eigenvalue weighted by Gasteiger charge is 2.36. The first-order valence-corrected chi connectivity index (χ1v) is 9.86. The largest absolute Gasteiger partial charge is 0.386 e. The van der Waals surface area contributed by atoms with Gasteiger partial charge in [-0.25, -0.2) is 4.68 Å². The first kappa shape index (κ1) is 20.3. The van der Waals surface area contributed by atoms with E-state index in [-0.39, 0.29) is 11.3 Å². The molecule has 0 aliphatic carbocycles. The molecule has 1 fully saturated rings. The van der Waals surface area contributed by atoms with Crippen LogP contribution in [0.3, 0.4) is 0 Å². The van der Waals surface area contributed by atoms with Crippen molar-refractivity contribution in [1.29, 1.82) is 0 Å². The summed E-state index contributed by atoms with van der Waals surface area (Å²) < 4.78 is 1.62. The molecule has 2 N–H and O–H groups in total. The van der Waals surface area contributed by atoms with Gasteiger partial charge >= 0.3 is 0 Å². The number of nitrogens with zero attached hydrogens (tertiary/aromatic N) is 4. The van der Waals surface area contributed by atoms with Crippen LogP contribution in [-0.4, -0.2) is 56.1 Å². The number of anilines is 1. The Balaban J connectivity index is 1.74. The Hall–Kier alpha value is -2.41. The Kier molecular flexibility index (Phi) is 5.74. The molecule has 1 atom stereocenters. The molecular formula is C21H31N5O2. The monoisotopic (exact) mass is 385 g/mol. The molecule has 1 aromatic carbocycles. The molecule has 152 valence electrons. The second kappa shape index (κ2) is 7.91. The maximum atomic E-state index is 13.2. The van der Waals surface area contributed by atoms with E-state index in [0.29, 0.717) is 31.6 Å². The van der Waals surface area contributed by atoms with Crippen molar-refractivity contribution in [2.45, 2.75) is 52.7 Å². The van der Waals surface area contributed by atoms with Crippen molar-refractivity contribution >= 4 is 11.6 Å². The van der Waals surface area contributed by atoms with Gasteiger partial charge in [0.25, 0.3) is 5.91 Å². The zero-order valence-electron chi connectivity index (χ0n) is 17.3. The number of amides is 1. The van der Waals surface area contributed by atoms with Gasteiger partial charge in [0.1, 0.15) is 5.60 Å². The van der Waals surface area contributed by atoms with Crippen LogP contribution in [0.15, 0.2) is 30.6 Å². The number of carbonyl (C=O) groups is 1. The van der Waals surface area contributed by atoms with Gasteiger partial charge in [-0.2, -0.15) is 0 Å². The Bertz CT molecular complexity index is 813. The molecule has 1 amide bonds. The van der Waals surface area contributed by atoms with Crippen LogP contribution >= 0.6 is 0 Å². The molecule has 1 unspecified atom stereocenters. The van der Waals surface area contributed by atoms with Crippen LogP contribution in [0.25, 0.3) is 0 Å². The molecule has 0 radical (unpaired) electrons. The van der Waals surface area contributed by atoms with E-state index in [1.807, 2.05) is 25.1 Å². The summed E-state index contributed by atoms with van der Waals surface area (Å²) in [5.74, 6) is -0.0337. The van der Waals surface area contributed by atoms with Crippen molar-refractivity contribution in [3.05, 3.63) is 41.7 Å². The van der Waals surface area contributed by atoms with Crippen molar-refractivity contribution in [2.24, 2.45) is 5.41 Å². The topological polar surface area (TPSA) is 83.3 Å². The number of hydrogen-bond donors (Lipinski definition) is 2. The number of carbonyl (C=O) groups excluding carboxylic acids is 1. The fourth-order valence-corrected chi connectivity index (χ4v) is 3.62. The molecule has 1 saturated heterocycles. The second-order valence-electron chi connectivity index (χ2n) is 9.05. The number of nitrogens with one attached hydrogen (secondary N) is 1. The van der Waals surface area contributed by atoms with Crippen molar-refractivity contribution in [1.82, 2.24) is 19.9 Å². The highest BCUT2D eigenvalue weighted by atomic mass is 16.3. The maximum absolute atomic E-state index is 13.2. The first-order valence-electron chi connectivity index (χ1n) is 9.86. The highest BCUT2D eigenvalue weighted by molar-refractivity contribution is 5.97. The van der Waals surface area contributed by atoms with E-state index in [4.69, 9.17) is 0 Å². The van der Waals surface area contributed by atoms with Gasteiger partial charge in [-0.15, -0.1) is 5.10 Å². The summed E-state index contributed by atoms with van der Waals surface area (Å²) in [6.45, 7) is 10.6. The standard InChI is InChI=1S/C21H31N5O2/c1-16-17(7-5-8-18(16)22-13-20(2,3)4)19(27)25-11-6-9-21(28,14-25)15-26-12-10-23-24-26/h5,7-8,10,12,22,28H,6,9,11,13-15H2,1-4H3. The summed E-state index contributed by atoms with van der Waals surface area (Å²) in [4.78, 5) is 15.0. The van der Waals surface area contributed by atoms with Gasteiger partial charge in [-0.05, 0) is 42.9 Å². The van der Waals surface area contributed by atoms with Crippen molar-refractivity contribution in [3.63, 3.8) is 0 Å². The van der Waals surface area contributed by atoms with E-state index in [9.17, 15) is 9.90 Å². The lowest BCUT2D eigenvalue weighted by atomic mass is 9.92. The lowest BCUT2D eigenvalue weighted by Gasteiger charge is -2.39. The average molecular weight is 386 g/mol. The van der Waals surface area contributed by atoms with Gasteiger partial charge in [0.2, 0.25) is 0 Å². The molecule has 7 heteroatoms. The highest BCUT2D eigenvalue weighted by Crippen LogP contribution is 2.27. The van der Waals surface area contributed by atoms with Gasteiger partial charge in [0.05, 0.1) is 19.3 Å². The minimum Gasteiger partial charge on any atom is -0.386 e. The first-order chi connectivity index (χ1) is 13.2. The summed E-state index contributed by atoms with van der Waals surface area (Å²) in [7, 11) is 0. The molecule has 1 aliphatic heterocycles. The fourth-order valence-electron chi connectivity index (χ4n) is 3.62. The molecule has 0 spiro atoms. The lowest BCUT2D eigenvalue weighted by molar-refractivity contribution is -0.0387.